The Hall–Kier alpha value is -1.13. The lowest BCUT2D eigenvalue weighted by Gasteiger charge is -2.29. The molecule has 2 unspecified atom stereocenters. The van der Waals surface area contributed by atoms with Crippen LogP contribution in [0.3, 0.4) is 0 Å². The molecular weight excluding hydrogens is 233 g/mol. The van der Waals surface area contributed by atoms with Crippen LogP contribution in [0, 0.1) is 5.82 Å². The number of phenols is 1. The molecular formula is C14H20FNO2. The largest absolute Gasteiger partial charge is 0.508 e. The van der Waals surface area contributed by atoms with E-state index in [2.05, 4.69) is 4.90 Å². The molecule has 2 atom stereocenters. The summed E-state index contributed by atoms with van der Waals surface area (Å²) in [6.07, 6.45) is 1.14. The lowest BCUT2D eigenvalue weighted by atomic mass is 10.1. The van der Waals surface area contributed by atoms with Gasteiger partial charge in [-0.1, -0.05) is 6.07 Å². The molecule has 1 N–H and O–H groups in total. The summed E-state index contributed by atoms with van der Waals surface area (Å²) in [5, 5.41) is 9.24. The van der Waals surface area contributed by atoms with Gasteiger partial charge >= 0.3 is 0 Å². The van der Waals surface area contributed by atoms with Crippen LogP contribution in [-0.2, 0) is 4.74 Å². The molecule has 1 fully saturated rings. The van der Waals surface area contributed by atoms with Crippen LogP contribution in [0.2, 0.25) is 0 Å². The van der Waals surface area contributed by atoms with Crippen LogP contribution in [-0.4, -0.2) is 35.8 Å². The Morgan fingerprint density at radius 2 is 2.28 bits per heavy atom. The molecule has 1 aliphatic rings. The van der Waals surface area contributed by atoms with Gasteiger partial charge in [-0.3, -0.25) is 4.90 Å². The number of benzene rings is 1. The summed E-state index contributed by atoms with van der Waals surface area (Å²) >= 11 is 0. The quantitative estimate of drug-likeness (QED) is 0.879. The Labute approximate surface area is 107 Å². The Morgan fingerprint density at radius 1 is 1.50 bits per heavy atom. The van der Waals surface area contributed by atoms with Crippen molar-refractivity contribution in [2.24, 2.45) is 0 Å². The van der Waals surface area contributed by atoms with Crippen LogP contribution in [0.1, 0.15) is 31.9 Å². The summed E-state index contributed by atoms with van der Waals surface area (Å²) in [6, 6.07) is 4.36. The van der Waals surface area contributed by atoms with Crippen molar-refractivity contribution in [2.45, 2.75) is 32.4 Å². The number of nitrogens with zero attached hydrogens (tertiary/aromatic N) is 1. The number of ether oxygens (including phenoxy) is 1. The zero-order valence-corrected chi connectivity index (χ0v) is 10.9. The van der Waals surface area contributed by atoms with Gasteiger partial charge in [0.1, 0.15) is 11.6 Å². The van der Waals surface area contributed by atoms with Crippen LogP contribution in [0.4, 0.5) is 4.39 Å². The normalized spacial score (nSPS) is 23.6. The van der Waals surface area contributed by atoms with Gasteiger partial charge in [0, 0.05) is 37.4 Å². The van der Waals surface area contributed by atoms with Crippen molar-refractivity contribution in [2.75, 3.05) is 19.7 Å². The first kappa shape index (κ1) is 13.3. The zero-order chi connectivity index (χ0) is 13.1. The van der Waals surface area contributed by atoms with E-state index in [-0.39, 0.29) is 23.7 Å². The molecule has 1 aromatic carbocycles. The minimum absolute atomic E-state index is 0.00486. The van der Waals surface area contributed by atoms with Crippen LogP contribution < -0.4 is 0 Å². The second-order valence-corrected chi connectivity index (χ2v) is 4.91. The molecule has 1 heterocycles. The highest BCUT2D eigenvalue weighted by Crippen LogP contribution is 2.26. The summed E-state index contributed by atoms with van der Waals surface area (Å²) in [7, 11) is 0. The highest BCUT2D eigenvalue weighted by Gasteiger charge is 2.22. The van der Waals surface area contributed by atoms with Crippen molar-refractivity contribution in [3.8, 4) is 5.75 Å². The predicted octanol–water partition coefficient (Wildman–Crippen LogP) is 2.70. The molecule has 0 radical (unpaired) electrons. The lowest BCUT2D eigenvalue weighted by Crippen LogP contribution is -2.33. The van der Waals surface area contributed by atoms with E-state index in [1.165, 1.54) is 12.1 Å². The van der Waals surface area contributed by atoms with E-state index in [0.717, 1.165) is 26.1 Å². The van der Waals surface area contributed by atoms with Crippen LogP contribution in [0.15, 0.2) is 18.2 Å². The molecule has 0 amide bonds. The number of rotatable bonds is 2. The fraction of sp³-hybridized carbons (Fsp3) is 0.571. The third-order valence-electron chi connectivity index (χ3n) is 3.47. The highest BCUT2D eigenvalue weighted by atomic mass is 19.1. The van der Waals surface area contributed by atoms with E-state index in [0.29, 0.717) is 5.56 Å². The first-order valence-electron chi connectivity index (χ1n) is 6.42. The minimum Gasteiger partial charge on any atom is -0.508 e. The molecule has 0 saturated carbocycles. The first-order valence-corrected chi connectivity index (χ1v) is 6.42. The first-order chi connectivity index (χ1) is 8.58. The molecule has 1 aromatic rings. The maximum atomic E-state index is 13.8. The number of hydrogen-bond acceptors (Lipinski definition) is 3. The number of phenolic OH excluding ortho intramolecular Hbond substituents is 1. The van der Waals surface area contributed by atoms with E-state index in [9.17, 15) is 9.50 Å². The topological polar surface area (TPSA) is 32.7 Å². The molecule has 2 rings (SSSR count). The number of halogens is 1. The van der Waals surface area contributed by atoms with Crippen molar-refractivity contribution >= 4 is 0 Å². The van der Waals surface area contributed by atoms with Gasteiger partial charge in [-0.15, -0.1) is 0 Å². The monoisotopic (exact) mass is 253 g/mol. The molecule has 3 nitrogen and oxygen atoms in total. The molecule has 18 heavy (non-hydrogen) atoms. The van der Waals surface area contributed by atoms with Crippen molar-refractivity contribution in [1.29, 1.82) is 0 Å². The Morgan fingerprint density at radius 3 is 3.00 bits per heavy atom. The summed E-state index contributed by atoms with van der Waals surface area (Å²) in [5.41, 5.74) is 0.627. The average Bonchev–Trinajstić information content (AvgIpc) is 2.53. The molecule has 0 bridgehead atoms. The third-order valence-corrected chi connectivity index (χ3v) is 3.47. The average molecular weight is 253 g/mol. The molecule has 100 valence electrons. The minimum atomic E-state index is -0.347. The van der Waals surface area contributed by atoms with Gasteiger partial charge < -0.3 is 9.84 Å². The molecule has 1 aliphatic heterocycles. The van der Waals surface area contributed by atoms with Crippen molar-refractivity contribution < 1.29 is 14.2 Å². The molecule has 4 heteroatoms. The second-order valence-electron chi connectivity index (χ2n) is 4.91. The smallest absolute Gasteiger partial charge is 0.131 e. The fourth-order valence-electron chi connectivity index (χ4n) is 2.43. The van der Waals surface area contributed by atoms with E-state index < -0.39 is 0 Å². The summed E-state index contributed by atoms with van der Waals surface area (Å²) in [5.74, 6) is -0.378. The van der Waals surface area contributed by atoms with Gasteiger partial charge in [0.15, 0.2) is 0 Å². The van der Waals surface area contributed by atoms with Gasteiger partial charge in [-0.25, -0.2) is 4.39 Å². The summed E-state index contributed by atoms with van der Waals surface area (Å²) < 4.78 is 19.4. The molecule has 0 spiro atoms. The molecule has 0 aliphatic carbocycles. The lowest BCUT2D eigenvalue weighted by molar-refractivity contribution is 0.0617. The Bertz CT molecular complexity index is 411. The van der Waals surface area contributed by atoms with Gasteiger partial charge in [0.25, 0.3) is 0 Å². The maximum absolute atomic E-state index is 13.8. The number of aromatic hydroxyl groups is 1. The van der Waals surface area contributed by atoms with E-state index in [1.54, 1.807) is 6.07 Å². The Balaban J connectivity index is 2.16. The van der Waals surface area contributed by atoms with Crippen LogP contribution in [0.5, 0.6) is 5.75 Å². The van der Waals surface area contributed by atoms with Gasteiger partial charge in [0.2, 0.25) is 0 Å². The van der Waals surface area contributed by atoms with Crippen molar-refractivity contribution in [1.82, 2.24) is 4.90 Å². The third kappa shape index (κ3) is 3.00. The molecule has 1 saturated heterocycles. The van der Waals surface area contributed by atoms with Gasteiger partial charge in [-0.2, -0.15) is 0 Å². The summed E-state index contributed by atoms with van der Waals surface area (Å²) in [4.78, 5) is 2.23. The predicted molar refractivity (Wildman–Crippen MR) is 68.1 cm³/mol. The van der Waals surface area contributed by atoms with Crippen molar-refractivity contribution in [3.63, 3.8) is 0 Å². The van der Waals surface area contributed by atoms with Gasteiger partial charge in [-0.05, 0) is 26.3 Å². The highest BCUT2D eigenvalue weighted by molar-refractivity contribution is 5.29. The van der Waals surface area contributed by atoms with Crippen LogP contribution >= 0.6 is 0 Å². The SMILES string of the molecule is CC1CN(C(C)c2ccc(O)cc2F)CCCO1. The Kier molecular flexibility index (Phi) is 4.19. The second kappa shape index (κ2) is 5.67. The van der Waals surface area contributed by atoms with E-state index in [4.69, 9.17) is 4.74 Å². The van der Waals surface area contributed by atoms with E-state index in [1.807, 2.05) is 13.8 Å². The zero-order valence-electron chi connectivity index (χ0n) is 10.9. The van der Waals surface area contributed by atoms with Crippen LogP contribution in [0.25, 0.3) is 0 Å². The van der Waals surface area contributed by atoms with Crippen molar-refractivity contribution in [3.05, 3.63) is 29.6 Å². The fourth-order valence-corrected chi connectivity index (χ4v) is 2.43. The molecule has 0 aromatic heterocycles. The van der Waals surface area contributed by atoms with E-state index >= 15 is 0 Å². The maximum Gasteiger partial charge on any atom is 0.131 e. The van der Waals surface area contributed by atoms with Gasteiger partial charge in [0.05, 0.1) is 6.10 Å². The summed E-state index contributed by atoms with van der Waals surface area (Å²) in [6.45, 7) is 6.52. The number of hydrogen-bond donors (Lipinski definition) is 1. The standard InChI is InChI=1S/C14H20FNO2/c1-10-9-16(6-3-7-18-10)11(2)13-5-4-12(17)8-14(13)15/h4-5,8,10-11,17H,3,6-7,9H2,1-2H3.